The maximum atomic E-state index is 12.6. The lowest BCUT2D eigenvalue weighted by molar-refractivity contribution is 0.561. The van der Waals surface area contributed by atoms with Crippen molar-refractivity contribution in [3.05, 3.63) is 52.8 Å². The number of hydrogen-bond donors (Lipinski definition) is 1. The molecule has 1 aliphatic heterocycles. The Morgan fingerprint density at radius 3 is 2.73 bits per heavy atom. The van der Waals surface area contributed by atoms with Gasteiger partial charge in [0.15, 0.2) is 0 Å². The second kappa shape index (κ2) is 6.88. The number of anilines is 1. The Kier molecular flexibility index (Phi) is 4.42. The third kappa shape index (κ3) is 3.20. The van der Waals surface area contributed by atoms with Gasteiger partial charge in [-0.05, 0) is 24.3 Å². The van der Waals surface area contributed by atoms with Crippen molar-refractivity contribution in [2.24, 2.45) is 0 Å². The number of aromatic nitrogens is 2. The van der Waals surface area contributed by atoms with Gasteiger partial charge in [0.2, 0.25) is 0 Å². The Morgan fingerprint density at radius 2 is 1.96 bits per heavy atom. The molecule has 0 atom stereocenters. The quantitative estimate of drug-likeness (QED) is 0.733. The second-order valence-electron chi connectivity index (χ2n) is 6.86. The molecule has 0 amide bonds. The highest BCUT2D eigenvalue weighted by Crippen LogP contribution is 2.25. The van der Waals surface area contributed by atoms with Crippen molar-refractivity contribution >= 4 is 16.7 Å². The van der Waals surface area contributed by atoms with Crippen LogP contribution in [-0.4, -0.2) is 36.1 Å². The van der Waals surface area contributed by atoms with Gasteiger partial charge in [-0.15, -0.1) is 0 Å². The first kappa shape index (κ1) is 16.7. The summed E-state index contributed by atoms with van der Waals surface area (Å²) in [4.78, 5) is 23.6. The minimum atomic E-state index is -0.372. The smallest absolute Gasteiger partial charge is 0.345 e. The van der Waals surface area contributed by atoms with Crippen molar-refractivity contribution in [3.8, 4) is 11.3 Å². The maximum absolute atomic E-state index is 12.6. The van der Waals surface area contributed by atoms with E-state index in [1.54, 1.807) is 12.3 Å². The molecular weight excluding hydrogens is 328 g/mol. The first-order chi connectivity index (χ1) is 12.6. The van der Waals surface area contributed by atoms with E-state index in [9.17, 15) is 4.79 Å². The zero-order chi connectivity index (χ0) is 18.1. The van der Waals surface area contributed by atoms with E-state index in [0.717, 1.165) is 43.1 Å². The number of rotatable bonds is 3. The number of benzene rings is 1. The highest BCUT2D eigenvalue weighted by molar-refractivity contribution is 5.84. The van der Waals surface area contributed by atoms with E-state index < -0.39 is 0 Å². The van der Waals surface area contributed by atoms with Crippen LogP contribution in [0.3, 0.4) is 0 Å². The first-order valence-corrected chi connectivity index (χ1v) is 8.99. The molecule has 1 N–H and O–H groups in total. The fourth-order valence-electron chi connectivity index (χ4n) is 3.20. The Hall–Kier alpha value is -2.73. The predicted octanol–water partition coefficient (Wildman–Crippen LogP) is 2.78. The molecule has 4 rings (SSSR count). The van der Waals surface area contributed by atoms with E-state index in [1.807, 2.05) is 32.0 Å². The van der Waals surface area contributed by atoms with Crippen LogP contribution in [0.1, 0.15) is 25.6 Å². The van der Waals surface area contributed by atoms with Crippen LogP contribution >= 0.6 is 0 Å². The van der Waals surface area contributed by atoms with Crippen LogP contribution in [0.5, 0.6) is 0 Å². The summed E-state index contributed by atoms with van der Waals surface area (Å²) in [6, 6.07) is 9.64. The monoisotopic (exact) mass is 350 g/mol. The largest absolute Gasteiger partial charge is 0.422 e. The molecule has 0 spiro atoms. The van der Waals surface area contributed by atoms with Gasteiger partial charge in [-0.3, -0.25) is 0 Å². The maximum Gasteiger partial charge on any atom is 0.345 e. The summed E-state index contributed by atoms with van der Waals surface area (Å²) in [6.07, 6.45) is 1.69. The molecule has 6 heteroatoms. The van der Waals surface area contributed by atoms with Gasteiger partial charge in [0.05, 0.1) is 11.3 Å². The summed E-state index contributed by atoms with van der Waals surface area (Å²) in [5.74, 6) is 0.917. The summed E-state index contributed by atoms with van der Waals surface area (Å²) in [7, 11) is 0. The van der Waals surface area contributed by atoms with Crippen molar-refractivity contribution in [2.45, 2.75) is 19.8 Å². The lowest BCUT2D eigenvalue weighted by Crippen LogP contribution is -2.43. The summed E-state index contributed by atoms with van der Waals surface area (Å²) >= 11 is 0. The van der Waals surface area contributed by atoms with Crippen molar-refractivity contribution in [3.63, 3.8) is 0 Å². The molecular formula is C20H22N4O2. The van der Waals surface area contributed by atoms with E-state index in [4.69, 9.17) is 4.42 Å². The van der Waals surface area contributed by atoms with Gasteiger partial charge in [-0.2, -0.15) is 0 Å². The van der Waals surface area contributed by atoms with E-state index in [0.29, 0.717) is 16.8 Å². The number of hydrogen-bond acceptors (Lipinski definition) is 6. The highest BCUT2D eigenvalue weighted by atomic mass is 16.4. The molecule has 0 radical (unpaired) electrons. The van der Waals surface area contributed by atoms with Gasteiger partial charge in [-0.25, -0.2) is 14.8 Å². The highest BCUT2D eigenvalue weighted by Gasteiger charge is 2.14. The molecule has 0 bridgehead atoms. The Morgan fingerprint density at radius 1 is 1.15 bits per heavy atom. The van der Waals surface area contributed by atoms with E-state index in [1.165, 1.54) is 0 Å². The van der Waals surface area contributed by atoms with Gasteiger partial charge in [0, 0.05) is 55.4 Å². The lowest BCUT2D eigenvalue weighted by atomic mass is 10.1. The zero-order valence-corrected chi connectivity index (χ0v) is 15.0. The Bertz CT molecular complexity index is 991. The van der Waals surface area contributed by atoms with Gasteiger partial charge in [-0.1, -0.05) is 13.8 Å². The third-order valence-electron chi connectivity index (χ3n) is 4.67. The lowest BCUT2D eigenvalue weighted by Gasteiger charge is -2.29. The minimum absolute atomic E-state index is 0.198. The molecule has 26 heavy (non-hydrogen) atoms. The molecule has 1 saturated heterocycles. The average Bonchev–Trinajstić information content (AvgIpc) is 2.67. The number of nitrogens with one attached hydrogen (secondary N) is 1. The van der Waals surface area contributed by atoms with Gasteiger partial charge < -0.3 is 14.6 Å². The Balaban J connectivity index is 1.75. The minimum Gasteiger partial charge on any atom is -0.422 e. The molecule has 0 saturated carbocycles. The third-order valence-corrected chi connectivity index (χ3v) is 4.67. The van der Waals surface area contributed by atoms with Gasteiger partial charge >= 0.3 is 5.63 Å². The summed E-state index contributed by atoms with van der Waals surface area (Å²) < 4.78 is 5.62. The molecule has 6 nitrogen and oxygen atoms in total. The van der Waals surface area contributed by atoms with Crippen LogP contribution < -0.4 is 15.8 Å². The summed E-state index contributed by atoms with van der Waals surface area (Å²) in [5, 5.41) is 4.23. The van der Waals surface area contributed by atoms with Crippen LogP contribution in [0, 0.1) is 0 Å². The van der Waals surface area contributed by atoms with E-state index in [2.05, 4.69) is 26.3 Å². The molecule has 134 valence electrons. The van der Waals surface area contributed by atoms with E-state index >= 15 is 0 Å². The fourth-order valence-corrected chi connectivity index (χ4v) is 3.20. The van der Waals surface area contributed by atoms with Crippen LogP contribution in [0.2, 0.25) is 0 Å². The SMILES string of the molecule is CC(C)c1nccc(-c2cc3ccc(N4CCNCC4)cc3oc2=O)n1. The second-order valence-corrected chi connectivity index (χ2v) is 6.86. The molecule has 2 aromatic heterocycles. The van der Waals surface area contributed by atoms with Crippen LogP contribution in [0.25, 0.3) is 22.2 Å². The van der Waals surface area contributed by atoms with Crippen molar-refractivity contribution < 1.29 is 4.42 Å². The fraction of sp³-hybridized carbons (Fsp3) is 0.350. The van der Waals surface area contributed by atoms with E-state index in [-0.39, 0.29) is 11.5 Å². The molecule has 1 aliphatic rings. The zero-order valence-electron chi connectivity index (χ0n) is 15.0. The van der Waals surface area contributed by atoms with Crippen molar-refractivity contribution in [2.75, 3.05) is 31.1 Å². The topological polar surface area (TPSA) is 71.3 Å². The first-order valence-electron chi connectivity index (χ1n) is 8.99. The average molecular weight is 350 g/mol. The molecule has 1 fully saturated rings. The molecule has 3 heterocycles. The van der Waals surface area contributed by atoms with Gasteiger partial charge in [0.1, 0.15) is 11.4 Å². The predicted molar refractivity (Wildman–Crippen MR) is 103 cm³/mol. The van der Waals surface area contributed by atoms with Crippen molar-refractivity contribution in [1.82, 2.24) is 15.3 Å². The molecule has 0 aliphatic carbocycles. The summed E-state index contributed by atoms with van der Waals surface area (Å²) in [5.41, 5.74) is 2.39. The number of piperazine rings is 1. The standard InChI is InChI=1S/C20H22N4O2/c1-13(2)19-22-6-5-17(23-19)16-11-14-3-4-15(12-18(14)26-20(16)25)24-9-7-21-8-10-24/h3-6,11-13,21H,7-10H2,1-2H3. The number of nitrogens with zero attached hydrogens (tertiary/aromatic N) is 3. The molecule has 0 unspecified atom stereocenters. The Labute approximate surface area is 151 Å². The normalized spacial score (nSPS) is 15.0. The van der Waals surface area contributed by atoms with Crippen LogP contribution in [0.15, 0.2) is 45.7 Å². The number of fused-ring (bicyclic) bond motifs is 1. The van der Waals surface area contributed by atoms with Crippen molar-refractivity contribution in [1.29, 1.82) is 0 Å². The molecule has 1 aromatic carbocycles. The van der Waals surface area contributed by atoms with Crippen LogP contribution in [0.4, 0.5) is 5.69 Å². The van der Waals surface area contributed by atoms with Gasteiger partial charge in [0.25, 0.3) is 0 Å². The molecule has 3 aromatic rings. The van der Waals surface area contributed by atoms with Crippen LogP contribution in [-0.2, 0) is 0 Å². The summed E-state index contributed by atoms with van der Waals surface area (Å²) in [6.45, 7) is 7.89.